The number of rotatable bonds is 5. The maximum atomic E-state index is 12.7. The van der Waals surface area contributed by atoms with Gasteiger partial charge in [-0.05, 0) is 50.3 Å². The first-order chi connectivity index (χ1) is 14.2. The van der Waals surface area contributed by atoms with Gasteiger partial charge in [-0.1, -0.05) is 29.8 Å². The summed E-state index contributed by atoms with van der Waals surface area (Å²) >= 11 is 0. The van der Waals surface area contributed by atoms with Gasteiger partial charge in [0.25, 0.3) is 0 Å². The van der Waals surface area contributed by atoms with E-state index in [0.29, 0.717) is 18.6 Å². The Bertz CT molecular complexity index is 795. The van der Waals surface area contributed by atoms with E-state index in [1.54, 1.807) is 12.4 Å². The number of carbonyl (C=O) groups is 1. The lowest BCUT2D eigenvalue weighted by molar-refractivity contribution is -0.132. The number of hydrogen-bond donors (Lipinski definition) is 0. The number of carbonyl (C=O) groups excluding carboxylic acids is 1. The minimum absolute atomic E-state index is 0.263. The van der Waals surface area contributed by atoms with Gasteiger partial charge in [-0.3, -0.25) is 14.7 Å². The van der Waals surface area contributed by atoms with Crippen molar-refractivity contribution in [2.75, 3.05) is 26.2 Å². The summed E-state index contributed by atoms with van der Waals surface area (Å²) in [7, 11) is 0. The fraction of sp³-hybridized carbons (Fsp3) is 0.500. The molecule has 29 heavy (non-hydrogen) atoms. The molecule has 5 heteroatoms. The van der Waals surface area contributed by atoms with Crippen LogP contribution in [0.15, 0.2) is 48.8 Å². The fourth-order valence-corrected chi connectivity index (χ4v) is 4.56. The number of aryl methyl sites for hydroxylation is 1. The molecule has 0 radical (unpaired) electrons. The smallest absolute Gasteiger partial charge is 0.226 e. The first-order valence-electron chi connectivity index (χ1n) is 10.8. The third-order valence-electron chi connectivity index (χ3n) is 6.20. The van der Waals surface area contributed by atoms with Crippen LogP contribution in [0, 0.1) is 6.92 Å². The summed E-state index contributed by atoms with van der Waals surface area (Å²) in [5.74, 6) is 1.18. The normalized spacial score (nSPS) is 19.3. The van der Waals surface area contributed by atoms with Crippen molar-refractivity contribution in [1.82, 2.24) is 14.8 Å². The number of ether oxygens (including phenoxy) is 1. The molecule has 2 saturated heterocycles. The van der Waals surface area contributed by atoms with E-state index in [2.05, 4.69) is 39.9 Å². The van der Waals surface area contributed by atoms with Gasteiger partial charge in [0, 0.05) is 44.6 Å². The zero-order valence-corrected chi connectivity index (χ0v) is 17.3. The van der Waals surface area contributed by atoms with Crippen LogP contribution in [0.4, 0.5) is 0 Å². The molecule has 2 aliphatic rings. The summed E-state index contributed by atoms with van der Waals surface area (Å²) < 4.78 is 6.08. The molecule has 2 aromatic rings. The van der Waals surface area contributed by atoms with Crippen molar-refractivity contribution in [3.63, 3.8) is 0 Å². The average Bonchev–Trinajstić information content (AvgIpc) is 2.75. The second kappa shape index (κ2) is 9.40. The molecule has 3 heterocycles. The Labute approximate surface area is 173 Å². The van der Waals surface area contributed by atoms with Crippen LogP contribution >= 0.6 is 0 Å². The molecule has 0 aliphatic carbocycles. The highest BCUT2D eigenvalue weighted by molar-refractivity contribution is 5.78. The summed E-state index contributed by atoms with van der Waals surface area (Å²) in [6.07, 6.45) is 8.65. The second-order valence-electron chi connectivity index (χ2n) is 8.31. The highest BCUT2D eigenvalue weighted by atomic mass is 16.5. The third kappa shape index (κ3) is 5.36. The van der Waals surface area contributed by atoms with Crippen LogP contribution in [0.1, 0.15) is 36.8 Å². The maximum Gasteiger partial charge on any atom is 0.226 e. The molecule has 1 aromatic carbocycles. The van der Waals surface area contributed by atoms with Gasteiger partial charge < -0.3 is 9.64 Å². The van der Waals surface area contributed by atoms with Gasteiger partial charge >= 0.3 is 0 Å². The van der Waals surface area contributed by atoms with Crippen LogP contribution in [-0.4, -0.2) is 59.0 Å². The number of aromatic nitrogens is 1. The molecule has 154 valence electrons. The molecule has 0 saturated carbocycles. The summed E-state index contributed by atoms with van der Waals surface area (Å²) in [5.41, 5.74) is 2.33. The molecule has 5 nitrogen and oxygen atoms in total. The van der Waals surface area contributed by atoms with E-state index in [-0.39, 0.29) is 5.91 Å². The molecule has 0 unspecified atom stereocenters. The molecular weight excluding hydrogens is 362 g/mol. The molecule has 1 amide bonds. The highest BCUT2D eigenvalue weighted by Crippen LogP contribution is 2.24. The standard InChI is InChI=1S/C24H31N3O2/c1-19-3-2-4-20(17-19)18-24(28)27-13-7-21(8-14-27)26-15-9-23(10-16-26)29-22-5-11-25-12-6-22/h2-6,11-12,17,21,23H,7-10,13-16,18H2,1H3. The third-order valence-corrected chi connectivity index (χ3v) is 6.20. The monoisotopic (exact) mass is 393 g/mol. The first-order valence-corrected chi connectivity index (χ1v) is 10.8. The Morgan fingerprint density at radius 3 is 2.45 bits per heavy atom. The van der Waals surface area contributed by atoms with Crippen molar-refractivity contribution >= 4 is 5.91 Å². The lowest BCUT2D eigenvalue weighted by atomic mass is 9.98. The van der Waals surface area contributed by atoms with Crippen molar-refractivity contribution in [2.45, 2.75) is 51.2 Å². The van der Waals surface area contributed by atoms with Crippen molar-refractivity contribution in [3.05, 3.63) is 59.9 Å². The van der Waals surface area contributed by atoms with Gasteiger partial charge in [0.2, 0.25) is 5.91 Å². The number of likely N-dealkylation sites (tertiary alicyclic amines) is 2. The van der Waals surface area contributed by atoms with Crippen LogP contribution in [0.5, 0.6) is 5.75 Å². The summed E-state index contributed by atoms with van der Waals surface area (Å²) in [6.45, 7) is 5.99. The maximum absolute atomic E-state index is 12.7. The first kappa shape index (κ1) is 19.9. The number of hydrogen-bond acceptors (Lipinski definition) is 4. The molecule has 4 rings (SSSR count). The molecule has 0 atom stereocenters. The zero-order chi connectivity index (χ0) is 20.1. The van der Waals surface area contributed by atoms with Crippen LogP contribution in [0.2, 0.25) is 0 Å². The number of benzene rings is 1. The van der Waals surface area contributed by atoms with Gasteiger partial charge in [0.1, 0.15) is 11.9 Å². The SMILES string of the molecule is Cc1cccc(CC(=O)N2CCC(N3CCC(Oc4ccncc4)CC3)CC2)c1. The number of piperidine rings is 2. The fourth-order valence-electron chi connectivity index (χ4n) is 4.56. The zero-order valence-electron chi connectivity index (χ0n) is 17.3. The lowest BCUT2D eigenvalue weighted by Gasteiger charge is -2.41. The Morgan fingerprint density at radius 1 is 1.03 bits per heavy atom. The molecule has 2 fully saturated rings. The van der Waals surface area contributed by atoms with E-state index in [1.165, 1.54) is 5.56 Å². The summed E-state index contributed by atoms with van der Waals surface area (Å²) in [6, 6.07) is 12.7. The van der Waals surface area contributed by atoms with Crippen molar-refractivity contribution in [1.29, 1.82) is 0 Å². The number of amides is 1. The van der Waals surface area contributed by atoms with Gasteiger partial charge in [-0.2, -0.15) is 0 Å². The van der Waals surface area contributed by atoms with Gasteiger partial charge in [0.05, 0.1) is 6.42 Å². The predicted molar refractivity (Wildman–Crippen MR) is 114 cm³/mol. The molecule has 0 N–H and O–H groups in total. The highest BCUT2D eigenvalue weighted by Gasteiger charge is 2.30. The van der Waals surface area contributed by atoms with Crippen molar-refractivity contribution in [3.8, 4) is 5.75 Å². The van der Waals surface area contributed by atoms with E-state index in [0.717, 1.165) is 63.2 Å². The molecule has 0 bridgehead atoms. The van der Waals surface area contributed by atoms with E-state index in [1.807, 2.05) is 18.2 Å². The topological polar surface area (TPSA) is 45.7 Å². The lowest BCUT2D eigenvalue weighted by Crippen LogP contribution is -2.50. The predicted octanol–water partition coefficient (Wildman–Crippen LogP) is 3.47. The van der Waals surface area contributed by atoms with Crippen LogP contribution in [-0.2, 0) is 11.2 Å². The van der Waals surface area contributed by atoms with Crippen molar-refractivity contribution < 1.29 is 9.53 Å². The minimum Gasteiger partial charge on any atom is -0.490 e. The molecule has 2 aliphatic heterocycles. The van der Waals surface area contributed by atoms with Gasteiger partial charge in [-0.15, -0.1) is 0 Å². The van der Waals surface area contributed by atoms with Crippen molar-refractivity contribution in [2.24, 2.45) is 0 Å². The number of nitrogens with zero attached hydrogens (tertiary/aromatic N) is 3. The summed E-state index contributed by atoms with van der Waals surface area (Å²) in [5, 5.41) is 0. The second-order valence-corrected chi connectivity index (χ2v) is 8.31. The Kier molecular flexibility index (Phi) is 6.45. The Morgan fingerprint density at radius 2 is 1.76 bits per heavy atom. The largest absolute Gasteiger partial charge is 0.490 e. The average molecular weight is 394 g/mol. The minimum atomic E-state index is 0.263. The van der Waals surface area contributed by atoms with Crippen LogP contribution in [0.3, 0.4) is 0 Å². The van der Waals surface area contributed by atoms with E-state index in [9.17, 15) is 4.79 Å². The van der Waals surface area contributed by atoms with Gasteiger partial charge in [-0.25, -0.2) is 0 Å². The van der Waals surface area contributed by atoms with Crippen LogP contribution < -0.4 is 4.74 Å². The van der Waals surface area contributed by atoms with E-state index >= 15 is 0 Å². The number of pyridine rings is 1. The summed E-state index contributed by atoms with van der Waals surface area (Å²) in [4.78, 5) is 21.4. The molecule has 1 aromatic heterocycles. The Hall–Kier alpha value is -2.40. The Balaban J connectivity index is 1.20. The van der Waals surface area contributed by atoms with Gasteiger partial charge in [0.15, 0.2) is 0 Å². The molecular formula is C24H31N3O2. The van der Waals surface area contributed by atoms with E-state index in [4.69, 9.17) is 4.74 Å². The molecule has 0 spiro atoms. The quantitative estimate of drug-likeness (QED) is 0.780. The van der Waals surface area contributed by atoms with E-state index < -0.39 is 0 Å². The van der Waals surface area contributed by atoms with Crippen LogP contribution in [0.25, 0.3) is 0 Å².